The van der Waals surface area contributed by atoms with Crippen molar-refractivity contribution < 1.29 is 19.2 Å². The molecule has 0 aromatic heterocycles. The van der Waals surface area contributed by atoms with Crippen molar-refractivity contribution in [2.45, 2.75) is 0 Å². The zero-order valence-corrected chi connectivity index (χ0v) is 5.92. The fourth-order valence-corrected chi connectivity index (χ4v) is 0. The van der Waals surface area contributed by atoms with Crippen molar-refractivity contribution in [2.24, 2.45) is 0 Å². The predicted octanol–water partition coefficient (Wildman–Crippen LogP) is -1.15. The molecule has 0 heterocycles. The van der Waals surface area contributed by atoms with Crippen molar-refractivity contribution in [3.8, 4) is 0 Å². The monoisotopic (exact) mass is 139 g/mol. The normalized spacial score (nSPS) is 8.43. The third kappa shape index (κ3) is 229. The standard InChI is InChI=1S/Mg.H3N.H3O4P/c;;1-5(2,3)4/h;1H3;(H3,1,2,3,4)/q+2;;. The predicted molar refractivity (Wildman–Crippen MR) is 25.0 cm³/mol. The van der Waals surface area contributed by atoms with E-state index in [-0.39, 0.29) is 29.2 Å². The molecule has 6 N–H and O–H groups in total. The van der Waals surface area contributed by atoms with Crippen molar-refractivity contribution in [2.75, 3.05) is 0 Å². The molecule has 0 aliphatic rings. The minimum absolute atomic E-state index is 0. The van der Waals surface area contributed by atoms with Crippen LogP contribution in [0.1, 0.15) is 0 Å². The summed E-state index contributed by atoms with van der Waals surface area (Å²) < 4.78 is 8.88. The second-order valence-corrected chi connectivity index (χ2v) is 1.54. The Kier molecular flexibility index (Phi) is 11.1. The molecule has 40 valence electrons. The molecule has 0 unspecified atom stereocenters. The first-order valence-electron chi connectivity index (χ1n) is 0.783. The van der Waals surface area contributed by atoms with Crippen molar-refractivity contribution in [3.05, 3.63) is 0 Å². The molecule has 0 saturated carbocycles. The zero-order chi connectivity index (χ0) is 4.50. The summed E-state index contributed by atoms with van der Waals surface area (Å²) in [5.41, 5.74) is 0. The molecule has 0 saturated heterocycles. The first-order chi connectivity index (χ1) is 2.00. The Morgan fingerprint density at radius 1 is 1.14 bits per heavy atom. The van der Waals surface area contributed by atoms with Gasteiger partial charge in [0, 0.05) is 0 Å². The molecular weight excluding hydrogens is 133 g/mol. The van der Waals surface area contributed by atoms with Gasteiger partial charge in [0.25, 0.3) is 0 Å². The summed E-state index contributed by atoms with van der Waals surface area (Å²) in [5.74, 6) is 0. The number of hydrogen-bond acceptors (Lipinski definition) is 2. The Balaban J connectivity index is -0.0000000800. The van der Waals surface area contributed by atoms with E-state index in [4.69, 9.17) is 19.2 Å². The van der Waals surface area contributed by atoms with Crippen LogP contribution in [0, 0.1) is 0 Å². The fourth-order valence-electron chi connectivity index (χ4n) is 0. The molecule has 5 nitrogen and oxygen atoms in total. The summed E-state index contributed by atoms with van der Waals surface area (Å²) in [5, 5.41) is 0. The second kappa shape index (κ2) is 4.98. The van der Waals surface area contributed by atoms with Crippen molar-refractivity contribution in [3.63, 3.8) is 0 Å². The van der Waals surface area contributed by atoms with Gasteiger partial charge in [0.05, 0.1) is 0 Å². The fraction of sp³-hybridized carbons (Fsp3) is 0. The largest absolute Gasteiger partial charge is 2.00 e. The number of phosphoric acid groups is 1. The maximum absolute atomic E-state index is 8.88. The number of hydrogen-bond donors (Lipinski definition) is 4. The van der Waals surface area contributed by atoms with Crippen LogP contribution in [0.15, 0.2) is 0 Å². The Hall–Kier alpha value is 0.836. The van der Waals surface area contributed by atoms with Crippen LogP contribution in [0.4, 0.5) is 0 Å². The summed E-state index contributed by atoms with van der Waals surface area (Å²) in [6.45, 7) is 0. The minimum atomic E-state index is -4.64. The summed E-state index contributed by atoms with van der Waals surface area (Å²) in [7, 11) is -4.64. The van der Waals surface area contributed by atoms with Crippen LogP contribution in [-0.4, -0.2) is 37.7 Å². The average molecular weight is 139 g/mol. The van der Waals surface area contributed by atoms with E-state index in [1.807, 2.05) is 0 Å². The molecule has 0 radical (unpaired) electrons. The van der Waals surface area contributed by atoms with Gasteiger partial charge in [0.2, 0.25) is 0 Å². The van der Waals surface area contributed by atoms with E-state index < -0.39 is 7.82 Å². The smallest absolute Gasteiger partial charge is 0.344 e. The molecule has 0 aromatic carbocycles. The van der Waals surface area contributed by atoms with Gasteiger partial charge in [-0.05, 0) is 0 Å². The third-order valence-electron chi connectivity index (χ3n) is 0. The van der Waals surface area contributed by atoms with Gasteiger partial charge >= 0.3 is 30.9 Å². The third-order valence-corrected chi connectivity index (χ3v) is 0. The van der Waals surface area contributed by atoms with Crippen molar-refractivity contribution in [1.82, 2.24) is 6.15 Å². The van der Waals surface area contributed by atoms with Crippen molar-refractivity contribution >= 4 is 30.9 Å². The van der Waals surface area contributed by atoms with Crippen LogP contribution in [0.25, 0.3) is 0 Å². The van der Waals surface area contributed by atoms with Crippen LogP contribution in [0.2, 0.25) is 0 Å². The van der Waals surface area contributed by atoms with Gasteiger partial charge in [-0.3, -0.25) is 0 Å². The first kappa shape index (κ1) is 15.7. The average Bonchev–Trinajstić information content (AvgIpc) is 0.722. The molecule has 0 spiro atoms. The summed E-state index contributed by atoms with van der Waals surface area (Å²) in [4.78, 5) is 21.6. The van der Waals surface area contributed by atoms with Crippen molar-refractivity contribution in [1.29, 1.82) is 0 Å². The van der Waals surface area contributed by atoms with E-state index in [0.29, 0.717) is 0 Å². The minimum Gasteiger partial charge on any atom is -0.344 e. The number of rotatable bonds is 0. The quantitative estimate of drug-likeness (QED) is 0.250. The Bertz CT molecular complexity index is 57.8. The van der Waals surface area contributed by atoms with E-state index in [2.05, 4.69) is 0 Å². The summed E-state index contributed by atoms with van der Waals surface area (Å²) in [6.07, 6.45) is 0. The Morgan fingerprint density at radius 2 is 1.14 bits per heavy atom. The van der Waals surface area contributed by atoms with Gasteiger partial charge in [-0.15, -0.1) is 0 Å². The van der Waals surface area contributed by atoms with E-state index in [0.717, 1.165) is 0 Å². The van der Waals surface area contributed by atoms with Gasteiger partial charge in [-0.1, -0.05) is 0 Å². The summed E-state index contributed by atoms with van der Waals surface area (Å²) in [6, 6.07) is 0. The van der Waals surface area contributed by atoms with Gasteiger partial charge < -0.3 is 20.8 Å². The van der Waals surface area contributed by atoms with E-state index >= 15 is 0 Å². The van der Waals surface area contributed by atoms with E-state index in [1.165, 1.54) is 0 Å². The van der Waals surface area contributed by atoms with E-state index in [1.54, 1.807) is 0 Å². The Morgan fingerprint density at radius 3 is 1.14 bits per heavy atom. The van der Waals surface area contributed by atoms with E-state index in [9.17, 15) is 0 Å². The van der Waals surface area contributed by atoms with Crippen LogP contribution in [0.5, 0.6) is 0 Å². The van der Waals surface area contributed by atoms with Gasteiger partial charge in [0.15, 0.2) is 0 Å². The molecule has 7 heteroatoms. The molecule has 7 heavy (non-hydrogen) atoms. The van der Waals surface area contributed by atoms with Crippen LogP contribution in [-0.2, 0) is 4.57 Å². The molecule has 0 atom stereocenters. The summed E-state index contributed by atoms with van der Waals surface area (Å²) >= 11 is 0. The van der Waals surface area contributed by atoms with Gasteiger partial charge in [-0.2, -0.15) is 0 Å². The molecule has 0 aliphatic carbocycles. The van der Waals surface area contributed by atoms with Gasteiger partial charge in [-0.25, -0.2) is 4.57 Å². The van der Waals surface area contributed by atoms with Crippen LogP contribution in [0.3, 0.4) is 0 Å². The molecule has 0 bridgehead atoms. The molecule has 0 rings (SSSR count). The first-order valence-corrected chi connectivity index (χ1v) is 2.35. The zero-order valence-electron chi connectivity index (χ0n) is 3.61. The molecule has 0 aliphatic heterocycles. The topological polar surface area (TPSA) is 113 Å². The maximum atomic E-state index is 8.88. The molecule has 0 fully saturated rings. The van der Waals surface area contributed by atoms with Crippen LogP contribution < -0.4 is 6.15 Å². The maximum Gasteiger partial charge on any atom is 2.00 e. The molecule has 0 amide bonds. The van der Waals surface area contributed by atoms with Gasteiger partial charge in [0.1, 0.15) is 0 Å². The second-order valence-electron chi connectivity index (χ2n) is 0.513. The SMILES string of the molecule is N.O=P(O)(O)O.[Mg+2]. The Labute approximate surface area is 56.7 Å². The molecule has 0 aromatic rings. The molecular formula is H6MgNO4P+2. The van der Waals surface area contributed by atoms with Crippen LogP contribution >= 0.6 is 7.82 Å².